The summed E-state index contributed by atoms with van der Waals surface area (Å²) in [5, 5.41) is 6.96. The highest BCUT2D eigenvalue weighted by Crippen LogP contribution is 2.27. The van der Waals surface area contributed by atoms with E-state index in [1.54, 1.807) is 0 Å². The number of imidazole rings is 2. The lowest BCUT2D eigenvalue weighted by Gasteiger charge is -2.21. The Morgan fingerprint density at radius 1 is 1.06 bits per heavy atom. The fourth-order valence-electron chi connectivity index (χ4n) is 4.67. The van der Waals surface area contributed by atoms with Gasteiger partial charge in [-0.3, -0.25) is 0 Å². The highest BCUT2D eigenvalue weighted by Gasteiger charge is 2.20. The predicted molar refractivity (Wildman–Crippen MR) is 147 cm³/mol. The van der Waals surface area contributed by atoms with E-state index in [9.17, 15) is 0 Å². The fraction of sp³-hybridized carbons (Fsp3) is 0.333. The number of benzene rings is 2. The molecular formula is C30H34N6. The number of rotatable bonds is 8. The highest BCUT2D eigenvalue weighted by molar-refractivity contribution is 5.77. The lowest BCUT2D eigenvalue weighted by Crippen LogP contribution is -2.27. The molecule has 1 saturated heterocycles. The van der Waals surface area contributed by atoms with Crippen LogP contribution in [0.4, 0.5) is 0 Å². The van der Waals surface area contributed by atoms with Crippen molar-refractivity contribution in [2.75, 3.05) is 13.1 Å². The van der Waals surface area contributed by atoms with Crippen molar-refractivity contribution >= 4 is 11.0 Å². The minimum absolute atomic E-state index is 0.333. The summed E-state index contributed by atoms with van der Waals surface area (Å²) in [5.41, 5.74) is 7.29. The SMILES string of the molecule is C=CCCNCc1nc2ccc(C#Cc3ccc(-c4nc([C@@H]5CCCCN5)[nH]c4CC)cc3)cc2[nH]1. The van der Waals surface area contributed by atoms with Gasteiger partial charge in [0, 0.05) is 22.4 Å². The number of aryl methyl sites for hydroxylation is 1. The second kappa shape index (κ2) is 11.4. The first-order valence-corrected chi connectivity index (χ1v) is 13.0. The Hall–Kier alpha value is -3.66. The second-order valence-corrected chi connectivity index (χ2v) is 9.30. The van der Waals surface area contributed by atoms with Crippen LogP contribution in [-0.4, -0.2) is 33.0 Å². The van der Waals surface area contributed by atoms with Crippen molar-refractivity contribution in [3.05, 3.63) is 83.6 Å². The van der Waals surface area contributed by atoms with Gasteiger partial charge in [-0.15, -0.1) is 6.58 Å². The summed E-state index contributed by atoms with van der Waals surface area (Å²) in [4.78, 5) is 16.6. The van der Waals surface area contributed by atoms with Crippen LogP contribution in [0.15, 0.2) is 55.1 Å². The van der Waals surface area contributed by atoms with Crippen LogP contribution in [0.25, 0.3) is 22.3 Å². The van der Waals surface area contributed by atoms with Crippen LogP contribution in [0.5, 0.6) is 0 Å². The van der Waals surface area contributed by atoms with Gasteiger partial charge in [0.05, 0.1) is 29.3 Å². The number of aromatic amines is 2. The molecule has 0 radical (unpaired) electrons. The first-order chi connectivity index (χ1) is 17.7. The summed E-state index contributed by atoms with van der Waals surface area (Å²) in [6.45, 7) is 8.60. The summed E-state index contributed by atoms with van der Waals surface area (Å²) in [6, 6.07) is 14.9. The van der Waals surface area contributed by atoms with Crippen LogP contribution in [0.3, 0.4) is 0 Å². The van der Waals surface area contributed by atoms with Crippen LogP contribution >= 0.6 is 0 Å². The lowest BCUT2D eigenvalue weighted by atomic mass is 10.0. The van der Waals surface area contributed by atoms with Crippen LogP contribution in [-0.2, 0) is 13.0 Å². The summed E-state index contributed by atoms with van der Waals surface area (Å²) in [7, 11) is 0. The van der Waals surface area contributed by atoms with E-state index in [0.717, 1.165) is 77.4 Å². The van der Waals surface area contributed by atoms with Crippen molar-refractivity contribution < 1.29 is 0 Å². The number of aromatic nitrogens is 4. The Balaban J connectivity index is 1.29. The van der Waals surface area contributed by atoms with E-state index in [1.165, 1.54) is 18.5 Å². The van der Waals surface area contributed by atoms with E-state index >= 15 is 0 Å². The van der Waals surface area contributed by atoms with E-state index in [-0.39, 0.29) is 0 Å². The Labute approximate surface area is 213 Å². The molecule has 36 heavy (non-hydrogen) atoms. The third-order valence-corrected chi connectivity index (χ3v) is 6.65. The largest absolute Gasteiger partial charge is 0.344 e. The molecule has 1 aliphatic heterocycles. The maximum atomic E-state index is 4.98. The molecule has 1 atom stereocenters. The van der Waals surface area contributed by atoms with E-state index < -0.39 is 0 Å². The van der Waals surface area contributed by atoms with Crippen molar-refractivity contribution in [1.82, 2.24) is 30.6 Å². The number of piperidine rings is 1. The van der Waals surface area contributed by atoms with Crippen molar-refractivity contribution in [3.63, 3.8) is 0 Å². The molecule has 6 heteroatoms. The van der Waals surface area contributed by atoms with E-state index in [1.807, 2.05) is 18.2 Å². The van der Waals surface area contributed by atoms with Crippen molar-refractivity contribution in [3.8, 4) is 23.1 Å². The normalized spacial score (nSPS) is 15.5. The summed E-state index contributed by atoms with van der Waals surface area (Å²) >= 11 is 0. The van der Waals surface area contributed by atoms with Gasteiger partial charge < -0.3 is 20.6 Å². The molecule has 0 amide bonds. The lowest BCUT2D eigenvalue weighted by molar-refractivity contribution is 0.399. The molecule has 0 saturated carbocycles. The van der Waals surface area contributed by atoms with Crippen molar-refractivity contribution in [2.45, 2.75) is 51.6 Å². The molecule has 2 aromatic heterocycles. The standard InChI is InChI=1S/C30H34N6/c1-3-5-17-31-20-28-33-25-16-13-22(19-27(25)34-28)10-9-21-11-14-23(15-12-21)29-24(4-2)35-30(36-29)26-8-6-7-18-32-26/h3,11-16,19,26,31-32H,1,4-8,17-18,20H2,2H3,(H,33,34)(H,35,36)/t26-/m0/s1. The second-order valence-electron chi connectivity index (χ2n) is 9.30. The predicted octanol–water partition coefficient (Wildman–Crippen LogP) is 5.40. The molecule has 2 aromatic carbocycles. The van der Waals surface area contributed by atoms with Crippen LogP contribution in [0.1, 0.15) is 67.1 Å². The minimum atomic E-state index is 0.333. The maximum absolute atomic E-state index is 4.98. The van der Waals surface area contributed by atoms with Gasteiger partial charge in [0.25, 0.3) is 0 Å². The van der Waals surface area contributed by atoms with Crippen LogP contribution in [0.2, 0.25) is 0 Å². The molecule has 3 heterocycles. The van der Waals surface area contributed by atoms with Gasteiger partial charge in [-0.05, 0) is 69.1 Å². The molecule has 0 aliphatic carbocycles. The van der Waals surface area contributed by atoms with Crippen LogP contribution in [0, 0.1) is 11.8 Å². The van der Waals surface area contributed by atoms with E-state index in [2.05, 4.69) is 81.3 Å². The zero-order valence-electron chi connectivity index (χ0n) is 21.0. The molecule has 0 unspecified atom stereocenters. The number of H-pyrrole nitrogens is 2. The Morgan fingerprint density at radius 2 is 1.89 bits per heavy atom. The van der Waals surface area contributed by atoms with E-state index in [0.29, 0.717) is 12.6 Å². The molecule has 1 fully saturated rings. The number of hydrogen-bond acceptors (Lipinski definition) is 4. The first kappa shape index (κ1) is 24.1. The molecule has 0 spiro atoms. The van der Waals surface area contributed by atoms with Crippen molar-refractivity contribution in [1.29, 1.82) is 0 Å². The summed E-state index contributed by atoms with van der Waals surface area (Å²) in [6.07, 6.45) is 7.43. The molecule has 5 rings (SSSR count). The monoisotopic (exact) mass is 478 g/mol. The number of fused-ring (bicyclic) bond motifs is 1. The first-order valence-electron chi connectivity index (χ1n) is 13.0. The van der Waals surface area contributed by atoms with Gasteiger partial charge in [-0.25, -0.2) is 9.97 Å². The zero-order chi connectivity index (χ0) is 24.7. The highest BCUT2D eigenvalue weighted by atomic mass is 15.0. The average Bonchev–Trinajstić information content (AvgIpc) is 3.54. The smallest absolute Gasteiger partial charge is 0.124 e. The molecule has 1 aliphatic rings. The van der Waals surface area contributed by atoms with Gasteiger partial charge in [0.15, 0.2) is 0 Å². The quantitative estimate of drug-likeness (QED) is 0.155. The number of hydrogen-bond donors (Lipinski definition) is 4. The average molecular weight is 479 g/mol. The summed E-state index contributed by atoms with van der Waals surface area (Å²) in [5.74, 6) is 8.59. The molecule has 6 nitrogen and oxygen atoms in total. The van der Waals surface area contributed by atoms with Gasteiger partial charge in [-0.2, -0.15) is 0 Å². The van der Waals surface area contributed by atoms with Gasteiger partial charge >= 0.3 is 0 Å². The molecule has 0 bridgehead atoms. The maximum Gasteiger partial charge on any atom is 0.124 e. The third-order valence-electron chi connectivity index (χ3n) is 6.65. The van der Waals surface area contributed by atoms with Crippen molar-refractivity contribution in [2.24, 2.45) is 0 Å². The molecule has 4 aromatic rings. The molecule has 4 N–H and O–H groups in total. The zero-order valence-corrected chi connectivity index (χ0v) is 21.0. The minimum Gasteiger partial charge on any atom is -0.344 e. The third kappa shape index (κ3) is 5.59. The number of nitrogens with one attached hydrogen (secondary N) is 4. The summed E-state index contributed by atoms with van der Waals surface area (Å²) < 4.78 is 0. The fourth-order valence-corrected chi connectivity index (χ4v) is 4.67. The molecule has 184 valence electrons. The topological polar surface area (TPSA) is 81.4 Å². The van der Waals surface area contributed by atoms with Gasteiger partial charge in [0.2, 0.25) is 0 Å². The Bertz CT molecular complexity index is 1380. The Morgan fingerprint density at radius 3 is 2.67 bits per heavy atom. The molecular weight excluding hydrogens is 444 g/mol. The van der Waals surface area contributed by atoms with E-state index in [4.69, 9.17) is 4.98 Å². The van der Waals surface area contributed by atoms with Crippen LogP contribution < -0.4 is 10.6 Å². The van der Waals surface area contributed by atoms with Gasteiger partial charge in [-0.1, -0.05) is 43.4 Å². The van der Waals surface area contributed by atoms with Gasteiger partial charge in [0.1, 0.15) is 11.6 Å². The Kier molecular flexibility index (Phi) is 7.61. The number of nitrogens with zero attached hydrogens (tertiary/aromatic N) is 2.